The third-order valence-electron chi connectivity index (χ3n) is 2.95. The lowest BCUT2D eigenvalue weighted by atomic mass is 9.84. The molecule has 1 aliphatic heterocycles. The summed E-state index contributed by atoms with van der Waals surface area (Å²) in [7, 11) is -3.60. The van der Waals surface area contributed by atoms with Gasteiger partial charge in [0, 0.05) is 10.8 Å². The number of nitriles is 1. The molecule has 0 aromatic rings. The fourth-order valence-electron chi connectivity index (χ4n) is 1.96. The van der Waals surface area contributed by atoms with Gasteiger partial charge in [-0.15, -0.1) is 0 Å². The Morgan fingerprint density at radius 2 is 2.14 bits per heavy atom. The van der Waals surface area contributed by atoms with Crippen LogP contribution in [0.15, 0.2) is 52.1 Å². The van der Waals surface area contributed by atoms with Crippen molar-refractivity contribution in [2.24, 2.45) is 17.0 Å². The Morgan fingerprint density at radius 1 is 1.38 bits per heavy atom. The quantitative estimate of drug-likeness (QED) is 0.746. The van der Waals surface area contributed by atoms with Crippen molar-refractivity contribution in [3.8, 4) is 6.07 Å². The van der Waals surface area contributed by atoms with Gasteiger partial charge in [0.15, 0.2) is 0 Å². The summed E-state index contributed by atoms with van der Waals surface area (Å²) in [4.78, 5) is 0.943. The van der Waals surface area contributed by atoms with Crippen LogP contribution >= 0.6 is 11.8 Å². The van der Waals surface area contributed by atoms with E-state index in [1.165, 1.54) is 11.8 Å². The molecule has 0 N–H and O–H groups in total. The van der Waals surface area contributed by atoms with E-state index in [4.69, 9.17) is 5.26 Å². The molecule has 1 heterocycles. The number of allylic oxidation sites excluding steroid dienone is 6. The average Bonchev–Trinajstić information content (AvgIpc) is 2.92. The molecule has 0 aromatic carbocycles. The van der Waals surface area contributed by atoms with E-state index in [9.17, 15) is 8.42 Å². The topological polar surface area (TPSA) is 79.5 Å². The van der Waals surface area contributed by atoms with Crippen LogP contribution in [0, 0.1) is 23.2 Å². The van der Waals surface area contributed by atoms with Crippen LogP contribution in [-0.2, 0) is 14.4 Å². The van der Waals surface area contributed by atoms with Crippen molar-refractivity contribution in [3.05, 3.63) is 46.9 Å². The number of rotatable bonds is 3. The van der Waals surface area contributed by atoms with Gasteiger partial charge in [-0.3, -0.25) is 4.28 Å². The summed E-state index contributed by atoms with van der Waals surface area (Å²) in [5.41, 5.74) is 1.03. The number of hydrogen-bond donors (Lipinski definition) is 0. The molecular weight excluding hydrogens is 308 g/mol. The highest BCUT2D eigenvalue weighted by Gasteiger charge is 2.24. The summed E-state index contributed by atoms with van der Waals surface area (Å²) in [6, 6.07) is 2.26. The van der Waals surface area contributed by atoms with Crippen molar-refractivity contribution in [2.75, 3.05) is 6.26 Å². The van der Waals surface area contributed by atoms with Crippen molar-refractivity contribution in [2.45, 2.75) is 6.92 Å². The van der Waals surface area contributed by atoms with Gasteiger partial charge in [0.25, 0.3) is 0 Å². The summed E-state index contributed by atoms with van der Waals surface area (Å²) in [5, 5.41) is 13.2. The minimum absolute atomic E-state index is 0.0160. The summed E-state index contributed by atoms with van der Waals surface area (Å²) in [5.74, 6) is -0.127. The normalized spacial score (nSPS) is 27.9. The molecule has 0 bridgehead atoms. The first-order valence-electron chi connectivity index (χ1n) is 6.22. The van der Waals surface area contributed by atoms with Crippen molar-refractivity contribution < 1.29 is 12.7 Å². The average molecular weight is 322 g/mol. The molecule has 0 radical (unpaired) electrons. The standard InChI is InChI=1S/C14H14N2O3S2/c1-10(9-15)11-5-3-4-6-12(11)13-7-8-14(20-13)16-19-21(2,17)18/h3-8,10-11H,1-2H3. The molecule has 2 unspecified atom stereocenters. The summed E-state index contributed by atoms with van der Waals surface area (Å²) in [6.45, 7) is 1.87. The number of oxime groups is 1. The van der Waals surface area contributed by atoms with E-state index >= 15 is 0 Å². The number of thioether (sulfide) groups is 1. The second kappa shape index (κ2) is 6.33. The van der Waals surface area contributed by atoms with Crippen LogP contribution in [0.25, 0.3) is 0 Å². The minimum Gasteiger partial charge on any atom is -0.268 e. The molecule has 110 valence electrons. The van der Waals surface area contributed by atoms with Gasteiger partial charge in [0.1, 0.15) is 5.04 Å². The predicted molar refractivity (Wildman–Crippen MR) is 83.7 cm³/mol. The van der Waals surface area contributed by atoms with Crippen LogP contribution in [0.5, 0.6) is 0 Å². The smallest absolute Gasteiger partial charge is 0.268 e. The molecule has 0 amide bonds. The maximum absolute atomic E-state index is 10.9. The highest BCUT2D eigenvalue weighted by Crippen LogP contribution is 2.37. The predicted octanol–water partition coefficient (Wildman–Crippen LogP) is 2.74. The Bertz CT molecular complexity index is 722. The van der Waals surface area contributed by atoms with Gasteiger partial charge < -0.3 is 0 Å². The van der Waals surface area contributed by atoms with Crippen molar-refractivity contribution >= 4 is 26.9 Å². The third-order valence-corrected chi connectivity index (χ3v) is 4.30. The van der Waals surface area contributed by atoms with E-state index in [1.807, 2.05) is 37.3 Å². The van der Waals surface area contributed by atoms with Crippen molar-refractivity contribution in [1.82, 2.24) is 0 Å². The third kappa shape index (κ3) is 4.09. The van der Waals surface area contributed by atoms with Crippen molar-refractivity contribution in [3.63, 3.8) is 0 Å². The van der Waals surface area contributed by atoms with Gasteiger partial charge in [-0.1, -0.05) is 41.2 Å². The Morgan fingerprint density at radius 3 is 2.81 bits per heavy atom. The second-order valence-electron chi connectivity index (χ2n) is 4.65. The van der Waals surface area contributed by atoms with E-state index in [-0.39, 0.29) is 11.8 Å². The Hall–Kier alpha value is -1.78. The summed E-state index contributed by atoms with van der Waals surface area (Å²) < 4.78 is 26.3. The maximum atomic E-state index is 10.9. The van der Waals surface area contributed by atoms with E-state index in [0.29, 0.717) is 5.04 Å². The second-order valence-corrected chi connectivity index (χ2v) is 7.27. The van der Waals surface area contributed by atoms with E-state index < -0.39 is 10.1 Å². The highest BCUT2D eigenvalue weighted by molar-refractivity contribution is 8.18. The van der Waals surface area contributed by atoms with Gasteiger partial charge in [-0.05, 0) is 24.6 Å². The first-order valence-corrected chi connectivity index (χ1v) is 8.85. The van der Waals surface area contributed by atoms with E-state index in [0.717, 1.165) is 16.7 Å². The summed E-state index contributed by atoms with van der Waals surface area (Å²) >= 11 is 1.32. The molecule has 0 spiro atoms. The molecule has 1 aliphatic carbocycles. The lowest BCUT2D eigenvalue weighted by Crippen LogP contribution is -2.12. The van der Waals surface area contributed by atoms with Crippen LogP contribution in [0.4, 0.5) is 0 Å². The zero-order chi connectivity index (χ0) is 15.5. The molecule has 0 fully saturated rings. The molecule has 2 rings (SSSR count). The van der Waals surface area contributed by atoms with Crippen LogP contribution in [0.1, 0.15) is 6.92 Å². The first-order chi connectivity index (χ1) is 9.90. The molecular formula is C14H14N2O3S2. The Balaban J connectivity index is 2.23. The fraction of sp³-hybridized carbons (Fsp3) is 0.286. The minimum atomic E-state index is -3.60. The zero-order valence-electron chi connectivity index (χ0n) is 11.6. The van der Waals surface area contributed by atoms with Gasteiger partial charge in [-0.2, -0.15) is 13.7 Å². The number of hydrogen-bond acceptors (Lipinski definition) is 6. The maximum Gasteiger partial charge on any atom is 0.325 e. The number of nitrogens with zero attached hydrogens (tertiary/aromatic N) is 2. The van der Waals surface area contributed by atoms with E-state index in [2.05, 4.69) is 15.5 Å². The first kappa shape index (κ1) is 15.6. The molecule has 0 saturated carbocycles. The molecule has 21 heavy (non-hydrogen) atoms. The highest BCUT2D eigenvalue weighted by atomic mass is 32.2. The van der Waals surface area contributed by atoms with Gasteiger partial charge in [-0.25, -0.2) is 0 Å². The van der Waals surface area contributed by atoms with Gasteiger partial charge >= 0.3 is 10.1 Å². The van der Waals surface area contributed by atoms with Gasteiger partial charge in [0.05, 0.1) is 18.2 Å². The van der Waals surface area contributed by atoms with Crippen LogP contribution in [0.2, 0.25) is 0 Å². The lowest BCUT2D eigenvalue weighted by molar-refractivity contribution is 0.345. The zero-order valence-corrected chi connectivity index (χ0v) is 13.2. The Labute approximate surface area is 128 Å². The molecule has 7 heteroatoms. The van der Waals surface area contributed by atoms with Crippen LogP contribution < -0.4 is 0 Å². The van der Waals surface area contributed by atoms with Crippen LogP contribution in [0.3, 0.4) is 0 Å². The van der Waals surface area contributed by atoms with Crippen molar-refractivity contribution in [1.29, 1.82) is 5.26 Å². The Kier molecular flexibility index (Phi) is 4.70. The molecule has 5 nitrogen and oxygen atoms in total. The van der Waals surface area contributed by atoms with Gasteiger partial charge in [0.2, 0.25) is 0 Å². The largest absolute Gasteiger partial charge is 0.325 e. The van der Waals surface area contributed by atoms with E-state index in [1.54, 1.807) is 6.08 Å². The fourth-order valence-corrected chi connectivity index (χ4v) is 3.11. The monoisotopic (exact) mass is 322 g/mol. The molecule has 2 aliphatic rings. The molecule has 0 saturated heterocycles. The lowest BCUT2D eigenvalue weighted by Gasteiger charge is -2.20. The molecule has 0 aromatic heterocycles. The molecule has 2 atom stereocenters. The van der Waals surface area contributed by atoms with Crippen LogP contribution in [-0.4, -0.2) is 19.7 Å². The SMILES string of the molecule is CC(C#N)C1C=CC=CC1=C1C=CC(=NOS(C)(=O)=O)S1. The summed E-state index contributed by atoms with van der Waals surface area (Å²) in [6.07, 6.45) is 12.3.